The zero-order valence-electron chi connectivity index (χ0n) is 11.9. The van der Waals surface area contributed by atoms with Gasteiger partial charge in [0, 0.05) is 0 Å². The third kappa shape index (κ3) is 4.11. The Morgan fingerprint density at radius 1 is 0.875 bits per heavy atom. The molecule has 0 amide bonds. The van der Waals surface area contributed by atoms with E-state index in [9.17, 15) is 0 Å². The summed E-state index contributed by atoms with van der Waals surface area (Å²) in [5.41, 5.74) is 0.695. The SMILES string of the molecule is CCCCC1(C(C)C)CCCCCCCC1. The van der Waals surface area contributed by atoms with E-state index in [0.717, 1.165) is 5.92 Å². The van der Waals surface area contributed by atoms with E-state index in [0.29, 0.717) is 5.41 Å². The van der Waals surface area contributed by atoms with Crippen LogP contribution in [0.4, 0.5) is 0 Å². The quantitative estimate of drug-likeness (QED) is 0.553. The molecular formula is C16H32. The first-order valence-electron chi connectivity index (χ1n) is 7.71. The normalized spacial score (nSPS) is 22.5. The molecule has 0 atom stereocenters. The van der Waals surface area contributed by atoms with Crippen molar-refractivity contribution in [3.8, 4) is 0 Å². The molecule has 0 unspecified atom stereocenters. The molecule has 0 aliphatic heterocycles. The van der Waals surface area contributed by atoms with Crippen molar-refractivity contribution in [2.24, 2.45) is 11.3 Å². The molecule has 0 N–H and O–H groups in total. The molecule has 0 heterocycles. The second kappa shape index (κ2) is 7.35. The van der Waals surface area contributed by atoms with Gasteiger partial charge in [-0.1, -0.05) is 72.1 Å². The number of hydrogen-bond donors (Lipinski definition) is 0. The number of hydrogen-bond acceptors (Lipinski definition) is 0. The fourth-order valence-corrected chi connectivity index (χ4v) is 3.43. The average molecular weight is 224 g/mol. The van der Waals surface area contributed by atoms with Gasteiger partial charge in [-0.05, 0) is 30.6 Å². The Balaban J connectivity index is 2.61. The number of unbranched alkanes of at least 4 members (excludes halogenated alkanes) is 1. The Morgan fingerprint density at radius 3 is 1.81 bits per heavy atom. The molecule has 1 aliphatic carbocycles. The van der Waals surface area contributed by atoms with Gasteiger partial charge < -0.3 is 0 Å². The van der Waals surface area contributed by atoms with Gasteiger partial charge in [0.2, 0.25) is 0 Å². The maximum Gasteiger partial charge on any atom is -0.0274 e. The molecule has 0 spiro atoms. The van der Waals surface area contributed by atoms with Gasteiger partial charge in [-0.3, -0.25) is 0 Å². The van der Waals surface area contributed by atoms with Crippen LogP contribution >= 0.6 is 0 Å². The fraction of sp³-hybridized carbons (Fsp3) is 1.00. The maximum absolute atomic E-state index is 2.47. The van der Waals surface area contributed by atoms with Crippen molar-refractivity contribution >= 4 is 0 Å². The molecular weight excluding hydrogens is 192 g/mol. The third-order valence-corrected chi connectivity index (χ3v) is 4.85. The summed E-state index contributed by atoms with van der Waals surface area (Å²) in [6.07, 6.45) is 16.2. The van der Waals surface area contributed by atoms with Gasteiger partial charge in [0.25, 0.3) is 0 Å². The molecule has 0 aromatic heterocycles. The highest BCUT2D eigenvalue weighted by molar-refractivity contribution is 4.83. The molecule has 1 aliphatic rings. The van der Waals surface area contributed by atoms with Crippen molar-refractivity contribution in [3.63, 3.8) is 0 Å². The lowest BCUT2D eigenvalue weighted by Gasteiger charge is -2.38. The van der Waals surface area contributed by atoms with Gasteiger partial charge in [-0.2, -0.15) is 0 Å². The summed E-state index contributed by atoms with van der Waals surface area (Å²) in [5.74, 6) is 0.886. The second-order valence-corrected chi connectivity index (χ2v) is 6.24. The highest BCUT2D eigenvalue weighted by atomic mass is 14.4. The average Bonchev–Trinajstić information content (AvgIpc) is 2.38. The second-order valence-electron chi connectivity index (χ2n) is 6.24. The molecule has 0 radical (unpaired) electrons. The lowest BCUT2D eigenvalue weighted by Crippen LogP contribution is -2.27. The van der Waals surface area contributed by atoms with E-state index in [2.05, 4.69) is 20.8 Å². The summed E-state index contributed by atoms with van der Waals surface area (Å²) < 4.78 is 0. The zero-order chi connectivity index (χ0) is 11.9. The highest BCUT2D eigenvalue weighted by Gasteiger charge is 2.32. The predicted molar refractivity (Wildman–Crippen MR) is 73.7 cm³/mol. The minimum Gasteiger partial charge on any atom is -0.0654 e. The molecule has 0 bridgehead atoms. The van der Waals surface area contributed by atoms with E-state index in [4.69, 9.17) is 0 Å². The summed E-state index contributed by atoms with van der Waals surface area (Å²) in [6, 6.07) is 0. The van der Waals surface area contributed by atoms with Crippen molar-refractivity contribution in [2.75, 3.05) is 0 Å². The Labute approximate surface area is 103 Å². The van der Waals surface area contributed by atoms with Crippen LogP contribution in [0.3, 0.4) is 0 Å². The van der Waals surface area contributed by atoms with Crippen molar-refractivity contribution in [1.82, 2.24) is 0 Å². The van der Waals surface area contributed by atoms with Crippen LogP contribution in [-0.2, 0) is 0 Å². The van der Waals surface area contributed by atoms with E-state index in [1.165, 1.54) is 70.6 Å². The minimum atomic E-state index is 0.695. The van der Waals surface area contributed by atoms with Gasteiger partial charge in [0.15, 0.2) is 0 Å². The summed E-state index contributed by atoms with van der Waals surface area (Å²) in [6.45, 7) is 7.27. The predicted octanol–water partition coefficient (Wildman–Crippen LogP) is 5.95. The Bertz CT molecular complexity index is 159. The molecule has 96 valence electrons. The summed E-state index contributed by atoms with van der Waals surface area (Å²) in [4.78, 5) is 0. The van der Waals surface area contributed by atoms with Crippen LogP contribution in [0.1, 0.15) is 91.4 Å². The van der Waals surface area contributed by atoms with Crippen LogP contribution in [0.15, 0.2) is 0 Å². The van der Waals surface area contributed by atoms with Gasteiger partial charge >= 0.3 is 0 Å². The van der Waals surface area contributed by atoms with Gasteiger partial charge in [0.05, 0.1) is 0 Å². The lowest BCUT2D eigenvalue weighted by molar-refractivity contribution is 0.127. The Hall–Kier alpha value is 0. The first-order valence-corrected chi connectivity index (χ1v) is 7.71. The van der Waals surface area contributed by atoms with Crippen molar-refractivity contribution in [3.05, 3.63) is 0 Å². The summed E-state index contributed by atoms with van der Waals surface area (Å²) >= 11 is 0. The van der Waals surface area contributed by atoms with Gasteiger partial charge in [0.1, 0.15) is 0 Å². The first-order chi connectivity index (χ1) is 7.71. The standard InChI is InChI=1S/C16H32/c1-4-5-12-16(15(2)3)13-10-8-6-7-9-11-14-16/h15H,4-14H2,1-3H3. The van der Waals surface area contributed by atoms with E-state index < -0.39 is 0 Å². The molecule has 0 heteroatoms. The van der Waals surface area contributed by atoms with Crippen LogP contribution in [0, 0.1) is 11.3 Å². The molecule has 1 saturated carbocycles. The molecule has 0 saturated heterocycles. The fourth-order valence-electron chi connectivity index (χ4n) is 3.43. The smallest absolute Gasteiger partial charge is 0.0274 e. The Kier molecular flexibility index (Phi) is 6.46. The van der Waals surface area contributed by atoms with Crippen LogP contribution in [0.2, 0.25) is 0 Å². The summed E-state index contributed by atoms with van der Waals surface area (Å²) in [7, 11) is 0. The van der Waals surface area contributed by atoms with Crippen LogP contribution in [0.5, 0.6) is 0 Å². The molecule has 1 fully saturated rings. The van der Waals surface area contributed by atoms with E-state index in [1.54, 1.807) is 0 Å². The van der Waals surface area contributed by atoms with E-state index >= 15 is 0 Å². The maximum atomic E-state index is 2.47. The Morgan fingerprint density at radius 2 is 1.38 bits per heavy atom. The number of rotatable bonds is 4. The largest absolute Gasteiger partial charge is 0.0654 e. The van der Waals surface area contributed by atoms with Crippen molar-refractivity contribution < 1.29 is 0 Å². The molecule has 16 heavy (non-hydrogen) atoms. The van der Waals surface area contributed by atoms with Gasteiger partial charge in [-0.25, -0.2) is 0 Å². The van der Waals surface area contributed by atoms with Crippen LogP contribution in [-0.4, -0.2) is 0 Å². The van der Waals surface area contributed by atoms with E-state index in [1.807, 2.05) is 0 Å². The van der Waals surface area contributed by atoms with Crippen LogP contribution in [0.25, 0.3) is 0 Å². The van der Waals surface area contributed by atoms with E-state index in [-0.39, 0.29) is 0 Å². The third-order valence-electron chi connectivity index (χ3n) is 4.85. The molecule has 0 nitrogen and oxygen atoms in total. The van der Waals surface area contributed by atoms with Gasteiger partial charge in [-0.15, -0.1) is 0 Å². The van der Waals surface area contributed by atoms with Crippen molar-refractivity contribution in [2.45, 2.75) is 91.4 Å². The van der Waals surface area contributed by atoms with Crippen molar-refractivity contribution in [1.29, 1.82) is 0 Å². The van der Waals surface area contributed by atoms with Crippen LogP contribution < -0.4 is 0 Å². The monoisotopic (exact) mass is 224 g/mol. The molecule has 0 aromatic rings. The topological polar surface area (TPSA) is 0 Å². The zero-order valence-corrected chi connectivity index (χ0v) is 11.9. The molecule has 1 rings (SSSR count). The minimum absolute atomic E-state index is 0.695. The lowest BCUT2D eigenvalue weighted by atomic mass is 9.67. The summed E-state index contributed by atoms with van der Waals surface area (Å²) in [5, 5.41) is 0. The first kappa shape index (κ1) is 14.1. The molecule has 0 aromatic carbocycles. The highest BCUT2D eigenvalue weighted by Crippen LogP contribution is 2.44.